The Hall–Kier alpha value is -1.72. The van der Waals surface area contributed by atoms with Gasteiger partial charge < -0.3 is 10.6 Å². The largest absolute Gasteiger partial charge is 0.396 e. The van der Waals surface area contributed by atoms with E-state index in [4.69, 9.17) is 28.9 Å². The molecule has 5 nitrogen and oxygen atoms in total. The summed E-state index contributed by atoms with van der Waals surface area (Å²) in [5.74, 6) is -0.0842. The molecule has 0 radical (unpaired) electrons. The highest BCUT2D eigenvalue weighted by Crippen LogP contribution is 2.22. The van der Waals surface area contributed by atoms with Crippen molar-refractivity contribution in [3.63, 3.8) is 0 Å². The van der Waals surface area contributed by atoms with E-state index in [1.54, 1.807) is 36.3 Å². The fraction of sp³-hybridized carbons (Fsp3) is 0.231. The molecule has 2 rings (SSSR count). The van der Waals surface area contributed by atoms with Crippen LogP contribution in [0.1, 0.15) is 5.56 Å². The fourth-order valence-electron chi connectivity index (χ4n) is 1.72. The van der Waals surface area contributed by atoms with Crippen LogP contribution in [0.5, 0.6) is 0 Å². The lowest BCUT2D eigenvalue weighted by molar-refractivity contribution is -0.131. The average molecular weight is 313 g/mol. The first-order chi connectivity index (χ1) is 9.45. The number of rotatable bonds is 4. The number of carbonyl (C=O) groups excluding carboxylic acids is 1. The number of halogens is 2. The van der Waals surface area contributed by atoms with Crippen LogP contribution in [0, 0.1) is 0 Å². The number of nitrogens with zero attached hydrogens (tertiary/aromatic N) is 3. The van der Waals surface area contributed by atoms with Crippen LogP contribution in [-0.4, -0.2) is 27.6 Å². The number of anilines is 1. The zero-order valence-electron chi connectivity index (χ0n) is 10.9. The summed E-state index contributed by atoms with van der Waals surface area (Å²) in [7, 11) is 1.71. The summed E-state index contributed by atoms with van der Waals surface area (Å²) in [6, 6.07) is 5.21. The molecule has 7 heteroatoms. The van der Waals surface area contributed by atoms with Crippen molar-refractivity contribution in [2.75, 3.05) is 12.8 Å². The molecule has 0 atom stereocenters. The Morgan fingerprint density at radius 1 is 1.45 bits per heavy atom. The summed E-state index contributed by atoms with van der Waals surface area (Å²) < 4.78 is 1.50. The van der Waals surface area contributed by atoms with E-state index in [9.17, 15) is 4.79 Å². The smallest absolute Gasteiger partial charge is 0.244 e. The molecule has 20 heavy (non-hydrogen) atoms. The van der Waals surface area contributed by atoms with Crippen LogP contribution in [0.3, 0.4) is 0 Å². The number of amides is 1. The van der Waals surface area contributed by atoms with Crippen LogP contribution in [0.2, 0.25) is 10.0 Å². The van der Waals surface area contributed by atoms with E-state index in [2.05, 4.69) is 5.10 Å². The zero-order chi connectivity index (χ0) is 14.7. The van der Waals surface area contributed by atoms with Gasteiger partial charge in [-0.25, -0.2) is 0 Å². The maximum absolute atomic E-state index is 12.1. The Labute approximate surface area is 126 Å². The van der Waals surface area contributed by atoms with E-state index >= 15 is 0 Å². The number of nitrogens with two attached hydrogens (primary N) is 1. The highest BCUT2D eigenvalue weighted by Gasteiger charge is 2.12. The second kappa shape index (κ2) is 6.15. The first-order valence-corrected chi connectivity index (χ1v) is 6.67. The Balaban J connectivity index is 2.00. The lowest BCUT2D eigenvalue weighted by Gasteiger charge is -2.18. The van der Waals surface area contributed by atoms with Crippen LogP contribution < -0.4 is 5.73 Å². The molecule has 1 heterocycles. The maximum atomic E-state index is 12.1. The van der Waals surface area contributed by atoms with E-state index < -0.39 is 0 Å². The summed E-state index contributed by atoms with van der Waals surface area (Å²) >= 11 is 11.9. The molecule has 0 saturated carbocycles. The van der Waals surface area contributed by atoms with E-state index in [-0.39, 0.29) is 12.5 Å². The number of aromatic nitrogens is 2. The molecule has 0 aliphatic carbocycles. The second-order valence-electron chi connectivity index (χ2n) is 4.46. The molecule has 2 N–H and O–H groups in total. The summed E-state index contributed by atoms with van der Waals surface area (Å²) in [6.45, 7) is 0.546. The Bertz CT molecular complexity index is 627. The molecule has 2 aromatic rings. The molecule has 0 fully saturated rings. The van der Waals surface area contributed by atoms with Crippen LogP contribution in [0.25, 0.3) is 0 Å². The molecule has 1 aromatic heterocycles. The molecule has 106 valence electrons. The van der Waals surface area contributed by atoms with Crippen molar-refractivity contribution in [3.05, 3.63) is 46.2 Å². The summed E-state index contributed by atoms with van der Waals surface area (Å²) in [5.41, 5.74) is 6.92. The van der Waals surface area contributed by atoms with Crippen molar-refractivity contribution in [2.24, 2.45) is 0 Å². The van der Waals surface area contributed by atoms with Gasteiger partial charge in [0.2, 0.25) is 5.91 Å². The quantitative estimate of drug-likeness (QED) is 0.943. The van der Waals surface area contributed by atoms with Gasteiger partial charge in [-0.2, -0.15) is 5.10 Å². The van der Waals surface area contributed by atoms with Crippen LogP contribution >= 0.6 is 23.2 Å². The fourth-order valence-corrected chi connectivity index (χ4v) is 2.19. The third-order valence-electron chi connectivity index (χ3n) is 2.80. The zero-order valence-corrected chi connectivity index (χ0v) is 12.4. The number of likely N-dealkylation sites (N-methyl/N-ethyl adjacent to an activating group) is 1. The monoisotopic (exact) mass is 312 g/mol. The molecule has 0 aliphatic rings. The molecule has 0 unspecified atom stereocenters. The normalized spacial score (nSPS) is 10.6. The lowest BCUT2D eigenvalue weighted by Crippen LogP contribution is -2.30. The number of carbonyl (C=O) groups is 1. The summed E-state index contributed by atoms with van der Waals surface area (Å²) in [4.78, 5) is 13.6. The first kappa shape index (κ1) is 14.7. The Morgan fingerprint density at radius 2 is 2.20 bits per heavy atom. The van der Waals surface area contributed by atoms with E-state index in [1.807, 2.05) is 0 Å². The van der Waals surface area contributed by atoms with Gasteiger partial charge in [0.25, 0.3) is 0 Å². The molecule has 0 bridgehead atoms. The molecular weight excluding hydrogens is 299 g/mol. The molecule has 1 amide bonds. The van der Waals surface area contributed by atoms with Gasteiger partial charge in [-0.3, -0.25) is 9.48 Å². The van der Waals surface area contributed by atoms with Gasteiger partial charge in [0.1, 0.15) is 6.54 Å². The van der Waals surface area contributed by atoms with E-state index in [0.29, 0.717) is 22.3 Å². The maximum Gasteiger partial charge on any atom is 0.244 e. The number of hydrogen-bond acceptors (Lipinski definition) is 3. The molecule has 0 saturated heterocycles. The van der Waals surface area contributed by atoms with Crippen molar-refractivity contribution in [2.45, 2.75) is 13.1 Å². The number of nitrogen functional groups attached to an aromatic ring is 1. The van der Waals surface area contributed by atoms with Gasteiger partial charge >= 0.3 is 0 Å². The summed E-state index contributed by atoms with van der Waals surface area (Å²) in [6.07, 6.45) is 3.12. The van der Waals surface area contributed by atoms with Gasteiger partial charge in [-0.15, -0.1) is 0 Å². The number of benzene rings is 1. The highest BCUT2D eigenvalue weighted by atomic mass is 35.5. The van der Waals surface area contributed by atoms with E-state index in [1.165, 1.54) is 10.9 Å². The second-order valence-corrected chi connectivity index (χ2v) is 5.30. The van der Waals surface area contributed by atoms with Gasteiger partial charge in [0, 0.05) is 29.8 Å². The summed E-state index contributed by atoms with van der Waals surface area (Å²) in [5, 5.41) is 5.09. The first-order valence-electron chi connectivity index (χ1n) is 5.91. The minimum atomic E-state index is -0.0842. The van der Waals surface area contributed by atoms with Crippen molar-refractivity contribution in [1.82, 2.24) is 14.7 Å². The van der Waals surface area contributed by atoms with Crippen molar-refractivity contribution in [3.8, 4) is 0 Å². The van der Waals surface area contributed by atoms with Gasteiger partial charge in [0.15, 0.2) is 0 Å². The van der Waals surface area contributed by atoms with Crippen LogP contribution in [0.15, 0.2) is 30.6 Å². The molecular formula is C13H14Cl2N4O. The lowest BCUT2D eigenvalue weighted by atomic mass is 10.2. The molecule has 1 aromatic carbocycles. The molecule has 0 spiro atoms. The van der Waals surface area contributed by atoms with E-state index in [0.717, 1.165) is 5.56 Å². The van der Waals surface area contributed by atoms with Crippen molar-refractivity contribution in [1.29, 1.82) is 0 Å². The van der Waals surface area contributed by atoms with Crippen molar-refractivity contribution < 1.29 is 4.79 Å². The SMILES string of the molecule is CN(Cc1ccc(Cl)cc1Cl)C(=O)Cn1cc(N)cn1. The number of hydrogen-bond donors (Lipinski definition) is 1. The third-order valence-corrected chi connectivity index (χ3v) is 3.39. The predicted molar refractivity (Wildman–Crippen MR) is 79.6 cm³/mol. The minimum absolute atomic E-state index is 0.0842. The standard InChI is InChI=1S/C13H14Cl2N4O/c1-18(6-9-2-3-10(14)4-12(9)15)13(20)8-19-7-11(16)5-17-19/h2-5,7H,6,8,16H2,1H3. The average Bonchev–Trinajstić information content (AvgIpc) is 2.78. The molecule has 0 aliphatic heterocycles. The van der Waals surface area contributed by atoms with Crippen molar-refractivity contribution >= 4 is 34.8 Å². The van der Waals surface area contributed by atoms with Crippen LogP contribution in [-0.2, 0) is 17.9 Å². The topological polar surface area (TPSA) is 64.2 Å². The Morgan fingerprint density at radius 3 is 2.80 bits per heavy atom. The van der Waals surface area contributed by atoms with Gasteiger partial charge in [-0.1, -0.05) is 29.3 Å². The predicted octanol–water partition coefficient (Wildman–Crippen LogP) is 2.43. The Kier molecular flexibility index (Phi) is 4.52. The third kappa shape index (κ3) is 3.65. The van der Waals surface area contributed by atoms with Gasteiger partial charge in [0.05, 0.1) is 11.9 Å². The minimum Gasteiger partial charge on any atom is -0.396 e. The van der Waals surface area contributed by atoms with Crippen LogP contribution in [0.4, 0.5) is 5.69 Å². The highest BCUT2D eigenvalue weighted by molar-refractivity contribution is 6.35. The van der Waals surface area contributed by atoms with Gasteiger partial charge in [-0.05, 0) is 17.7 Å².